The molecule has 600 valence electrons. The van der Waals surface area contributed by atoms with Gasteiger partial charge in [-0.2, -0.15) is 5.26 Å². The Morgan fingerprint density at radius 1 is 0.530 bits per heavy atom. The molecule has 5 heterocycles. The van der Waals surface area contributed by atoms with Crippen molar-refractivity contribution in [2.45, 2.75) is 167 Å². The van der Waals surface area contributed by atoms with E-state index in [4.69, 9.17) is 25.4 Å². The fourth-order valence-corrected chi connectivity index (χ4v) is 15.1. The number of halogens is 1. The summed E-state index contributed by atoms with van der Waals surface area (Å²) in [5, 5.41) is 65.4. The maximum absolute atomic E-state index is 13.7. The second-order valence-corrected chi connectivity index (χ2v) is 31.9. The number of rotatable bonds is 13. The highest BCUT2D eigenvalue weighted by molar-refractivity contribution is 5.99. The summed E-state index contributed by atoms with van der Waals surface area (Å²) >= 11 is 0. The molecule has 1 saturated heterocycles. The number of hydrogen-bond acceptors (Lipinski definition) is 18. The van der Waals surface area contributed by atoms with E-state index in [0.29, 0.717) is 94.7 Å². The van der Waals surface area contributed by atoms with Crippen LogP contribution in [0.3, 0.4) is 0 Å². The number of aryl methyl sites for hydroxylation is 4. The molecule has 0 spiro atoms. The summed E-state index contributed by atoms with van der Waals surface area (Å²) in [5.41, 5.74) is 14.6. The van der Waals surface area contributed by atoms with E-state index >= 15 is 0 Å². The van der Waals surface area contributed by atoms with E-state index in [9.17, 15) is 44.2 Å². The van der Waals surface area contributed by atoms with E-state index in [0.717, 1.165) is 125 Å². The first-order valence-electron chi connectivity index (χ1n) is 39.6. The number of nitrogens with zero attached hydrogens (tertiary/aromatic N) is 3. The van der Waals surface area contributed by atoms with Gasteiger partial charge in [-0.05, 0) is 234 Å². The van der Waals surface area contributed by atoms with Crippen LogP contribution >= 0.6 is 0 Å². The Labute approximate surface area is 673 Å². The Hall–Kier alpha value is -12.1. The Kier molecular flexibility index (Phi) is 26.7. The van der Waals surface area contributed by atoms with Gasteiger partial charge in [-0.3, -0.25) is 29.0 Å². The summed E-state index contributed by atoms with van der Waals surface area (Å²) in [6.45, 7) is 18.6. The molecule has 4 atom stereocenters. The van der Waals surface area contributed by atoms with Crippen molar-refractivity contribution < 1.29 is 57.8 Å². The normalized spacial score (nSPS) is 17.8. The number of ether oxygens (including phenoxy) is 4. The van der Waals surface area contributed by atoms with Crippen LogP contribution in [0.15, 0.2) is 127 Å². The third-order valence-electron chi connectivity index (χ3n) is 21.5. The minimum Gasteiger partial charge on any atom is -0.508 e. The molecule has 15 rings (SSSR count). The number of nitriles is 1. The summed E-state index contributed by atoms with van der Waals surface area (Å²) in [6, 6.07) is 40.1. The van der Waals surface area contributed by atoms with Crippen LogP contribution in [0.5, 0.6) is 40.2 Å². The summed E-state index contributed by atoms with van der Waals surface area (Å²) in [6.07, 6.45) is 15.3. The average molecular weight is 1560 g/mol. The highest BCUT2D eigenvalue weighted by Crippen LogP contribution is 2.44. The fraction of sp³-hybridized carbons (Fsp3) is 0.380. The van der Waals surface area contributed by atoms with Gasteiger partial charge < -0.3 is 76.8 Å². The molecule has 0 radical (unpaired) electrons. The van der Waals surface area contributed by atoms with Crippen molar-refractivity contribution >= 4 is 69.1 Å². The van der Waals surface area contributed by atoms with Crippen LogP contribution < -0.4 is 61.5 Å². The number of fused-ring (bicyclic) bond motifs is 4. The molecule has 3 unspecified atom stereocenters. The summed E-state index contributed by atoms with van der Waals surface area (Å²) < 4.78 is 37.0. The van der Waals surface area contributed by atoms with Crippen LogP contribution in [0.2, 0.25) is 0 Å². The second kappa shape index (κ2) is 37.2. The SMILES string of the molecule is C#Cc1ccc2c(c1)NCC(C(=O)Nc1cc(O)c(C3CCCC3)cc1CN1CCCCC1)O2.Cc1cc2c(cc1F)OC(C(=O)Nc1ccc(C(C)(C)C)c(O)c1)CN2.Cc1ccc(NC(=O)C2CNc3cc(C)ccc3O2)c(C#CCN(C)C)c1.Cc1ccc2c(c1)O[C@H](C(=O)Nc1cc(O)c(C3CCCC3)cc1C#N)CN2. The largest absolute Gasteiger partial charge is 0.508 e. The number of likely N-dealkylation sites (tertiary alicyclic amines) is 1. The minimum absolute atomic E-state index is 0.126. The van der Waals surface area contributed by atoms with Gasteiger partial charge in [0.15, 0.2) is 24.4 Å². The number of amides is 4. The van der Waals surface area contributed by atoms with Crippen LogP contribution in [0.25, 0.3) is 0 Å². The van der Waals surface area contributed by atoms with Gasteiger partial charge in [-0.15, -0.1) is 6.42 Å². The highest BCUT2D eigenvalue weighted by Gasteiger charge is 2.34. The Morgan fingerprint density at radius 2 is 1.03 bits per heavy atom. The van der Waals surface area contributed by atoms with E-state index in [1.807, 2.05) is 121 Å². The van der Waals surface area contributed by atoms with Crippen LogP contribution in [0.4, 0.5) is 49.9 Å². The average Bonchev–Trinajstić information content (AvgIpc) is 1.30. The van der Waals surface area contributed by atoms with Gasteiger partial charge >= 0.3 is 0 Å². The maximum Gasteiger partial charge on any atom is 0.267 e. The molecule has 8 aromatic carbocycles. The summed E-state index contributed by atoms with van der Waals surface area (Å²) in [5.74, 6) is 10.8. The Morgan fingerprint density at radius 3 is 1.63 bits per heavy atom. The molecule has 0 bridgehead atoms. The van der Waals surface area contributed by atoms with Crippen LogP contribution in [0, 0.1) is 69.0 Å². The lowest BCUT2D eigenvalue weighted by Crippen LogP contribution is -2.41. The lowest BCUT2D eigenvalue weighted by molar-refractivity contribution is -0.123. The number of aromatic hydroxyl groups is 3. The zero-order chi connectivity index (χ0) is 81.6. The van der Waals surface area contributed by atoms with Gasteiger partial charge in [0, 0.05) is 53.3 Å². The Balaban J connectivity index is 0.000000142. The number of hydrogen-bond donors (Lipinski definition) is 11. The number of benzene rings is 8. The van der Waals surface area contributed by atoms with Crippen LogP contribution in [0.1, 0.15) is 164 Å². The van der Waals surface area contributed by atoms with Crippen molar-refractivity contribution in [1.82, 2.24) is 9.80 Å². The van der Waals surface area contributed by atoms with Crippen molar-refractivity contribution in [3.05, 3.63) is 194 Å². The molecule has 0 aromatic heterocycles. The predicted octanol–water partition coefficient (Wildman–Crippen LogP) is 15.8. The van der Waals surface area contributed by atoms with Gasteiger partial charge in [0.25, 0.3) is 23.6 Å². The van der Waals surface area contributed by atoms with Crippen molar-refractivity contribution in [3.63, 3.8) is 0 Å². The van der Waals surface area contributed by atoms with Crippen LogP contribution in [-0.4, -0.2) is 133 Å². The van der Waals surface area contributed by atoms with Crippen molar-refractivity contribution in [2.24, 2.45) is 0 Å². The van der Waals surface area contributed by atoms with E-state index in [1.54, 1.807) is 49.4 Å². The predicted molar refractivity (Wildman–Crippen MR) is 450 cm³/mol. The first-order chi connectivity index (χ1) is 55.2. The van der Waals surface area contributed by atoms with Crippen molar-refractivity contribution in [3.8, 4) is 70.5 Å². The number of anilines is 8. The van der Waals surface area contributed by atoms with Crippen LogP contribution in [-0.2, 0) is 31.1 Å². The molecule has 4 amide bonds. The van der Waals surface area contributed by atoms with Gasteiger partial charge in [-0.1, -0.05) is 94.9 Å². The number of phenolic OH excluding ortho intramolecular Hbond substituents is 3. The number of terminal acetylenes is 1. The molecule has 2 aliphatic carbocycles. The summed E-state index contributed by atoms with van der Waals surface area (Å²) in [4.78, 5) is 55.6. The van der Waals surface area contributed by atoms with E-state index in [2.05, 4.69) is 77.3 Å². The number of piperidine rings is 1. The summed E-state index contributed by atoms with van der Waals surface area (Å²) in [7, 11) is 3.95. The second-order valence-electron chi connectivity index (χ2n) is 31.9. The molecule has 22 nitrogen and oxygen atoms in total. The molecule has 3 fully saturated rings. The first-order valence-corrected chi connectivity index (χ1v) is 39.6. The molecule has 5 aliphatic heterocycles. The monoisotopic (exact) mass is 1560 g/mol. The van der Waals surface area contributed by atoms with E-state index in [1.165, 1.54) is 50.3 Å². The quantitative estimate of drug-likeness (QED) is 0.0478. The standard InChI is InChI=1S/C28H33N3O3.C22H23N3O3.C22H25N3O2.C20H23FN2O3/c1-2-19-10-11-26-24(14-19)29-17-27(34-26)28(33)30-23-16-25(32)22(20-8-4-5-9-20)15-21(23)18-31-12-6-3-7-13-31;1-13-6-7-17-20(8-13)28-21(12-24-17)22(27)25-18-10-19(26)16(9-15(18)11-23)14-4-2-3-5-14;1-15-7-9-18(17(12-15)6-5-11-25(3)4)24-22(26)21-14-23-19-13-16(2)8-10-20(19)27-21;1-11-7-15-17(9-14(11)21)26-18(10-22-15)19(25)23-12-5-6-13(16(24)8-12)20(2,3)4/h1,10-11,14-16,20,27,29,32H,3-9,12-13,17-18H2,(H,30,33);6-10,14,21,24,26H,2-5,12H2,1H3,(H,25,27);7-10,12-13,21,23H,11,14H2,1-4H3,(H,24,26);5-9,18,22,24H,10H2,1-4H3,(H,23,25)/t;21-;;/m.0../s1. The Bertz CT molecular complexity index is 5070. The van der Waals surface area contributed by atoms with Gasteiger partial charge in [0.05, 0.1) is 72.4 Å². The third-order valence-corrected chi connectivity index (χ3v) is 21.5. The smallest absolute Gasteiger partial charge is 0.267 e. The third kappa shape index (κ3) is 21.2. The molecule has 115 heavy (non-hydrogen) atoms. The lowest BCUT2D eigenvalue weighted by Gasteiger charge is -2.29. The van der Waals surface area contributed by atoms with Gasteiger partial charge in [-0.25, -0.2) is 4.39 Å². The zero-order valence-corrected chi connectivity index (χ0v) is 66.9. The number of nitrogens with one attached hydrogen (secondary N) is 8. The zero-order valence-electron chi connectivity index (χ0n) is 66.9. The molecule has 7 aliphatic rings. The van der Waals surface area contributed by atoms with Crippen molar-refractivity contribution in [1.29, 1.82) is 5.26 Å². The van der Waals surface area contributed by atoms with E-state index in [-0.39, 0.29) is 64.6 Å². The lowest BCUT2D eigenvalue weighted by atomic mass is 9.86. The fourth-order valence-electron chi connectivity index (χ4n) is 15.1. The molecule has 2 saturated carbocycles. The highest BCUT2D eigenvalue weighted by atomic mass is 19.1. The molecule has 8 aromatic rings. The number of carbonyl (C=O) groups excluding carboxylic acids is 4. The minimum atomic E-state index is -0.797. The molecule has 11 N–H and O–H groups in total. The number of phenols is 3. The molecule has 23 heteroatoms. The van der Waals surface area contributed by atoms with Crippen molar-refractivity contribution in [2.75, 3.05) is 102 Å². The first kappa shape index (κ1) is 82.4. The number of carbonyl (C=O) groups is 4. The van der Waals surface area contributed by atoms with E-state index < -0.39 is 24.4 Å². The topological polar surface area (TPSA) is 292 Å². The maximum atomic E-state index is 13.7. The molecular weight excluding hydrogens is 1450 g/mol. The van der Waals surface area contributed by atoms with Gasteiger partial charge in [0.2, 0.25) is 0 Å². The van der Waals surface area contributed by atoms with Gasteiger partial charge in [0.1, 0.15) is 52.1 Å². The molecular formula is C92H104FN11O11.